The zero-order chi connectivity index (χ0) is 12.3. The van der Waals surface area contributed by atoms with Gasteiger partial charge in [-0.25, -0.2) is 0 Å². The fraction of sp³-hybridized carbons (Fsp3) is 0.533. The first-order valence-electron chi connectivity index (χ1n) is 6.44. The average molecular weight is 232 g/mol. The molecule has 0 atom stereocenters. The predicted octanol–water partition coefficient (Wildman–Crippen LogP) is 3.70. The van der Waals surface area contributed by atoms with E-state index in [0.29, 0.717) is 11.7 Å². The maximum absolute atomic E-state index is 11.3. The zero-order valence-electron chi connectivity index (χ0n) is 10.6. The van der Waals surface area contributed by atoms with Crippen LogP contribution in [0.15, 0.2) is 24.3 Å². The fourth-order valence-corrected chi connectivity index (χ4v) is 2.43. The highest BCUT2D eigenvalue weighted by atomic mass is 16.5. The van der Waals surface area contributed by atoms with Gasteiger partial charge in [0.05, 0.1) is 6.10 Å². The molecule has 2 rings (SSSR count). The van der Waals surface area contributed by atoms with Crippen LogP contribution in [-0.2, 0) is 4.79 Å². The van der Waals surface area contributed by atoms with Crippen LogP contribution in [0.2, 0.25) is 0 Å². The Labute approximate surface area is 103 Å². The molecule has 1 fully saturated rings. The highest BCUT2D eigenvalue weighted by Gasteiger charge is 2.22. The second-order valence-corrected chi connectivity index (χ2v) is 5.02. The second kappa shape index (κ2) is 5.35. The zero-order valence-corrected chi connectivity index (χ0v) is 10.6. The maximum Gasteiger partial charge on any atom is 0.132 e. The summed E-state index contributed by atoms with van der Waals surface area (Å²) >= 11 is 0. The summed E-state index contributed by atoms with van der Waals surface area (Å²) in [4.78, 5) is 11.3. The molecule has 0 aliphatic heterocycles. The van der Waals surface area contributed by atoms with Crippen molar-refractivity contribution in [3.05, 3.63) is 29.8 Å². The van der Waals surface area contributed by atoms with Crippen molar-refractivity contribution >= 4 is 5.78 Å². The van der Waals surface area contributed by atoms with Gasteiger partial charge < -0.3 is 4.74 Å². The van der Waals surface area contributed by atoms with E-state index in [9.17, 15) is 4.79 Å². The van der Waals surface area contributed by atoms with Gasteiger partial charge in [0.1, 0.15) is 11.5 Å². The molecule has 92 valence electrons. The Morgan fingerprint density at radius 1 is 1.18 bits per heavy atom. The monoisotopic (exact) mass is 232 g/mol. The SMILES string of the molecule is CC(C)Oc1ccccc1C1CCC(=O)CC1. The smallest absolute Gasteiger partial charge is 0.132 e. The van der Waals surface area contributed by atoms with Crippen LogP contribution in [0, 0.1) is 0 Å². The number of ketones is 1. The number of benzene rings is 1. The minimum Gasteiger partial charge on any atom is -0.491 e. The van der Waals surface area contributed by atoms with Gasteiger partial charge in [-0.15, -0.1) is 0 Å². The van der Waals surface area contributed by atoms with E-state index >= 15 is 0 Å². The number of carbonyl (C=O) groups is 1. The van der Waals surface area contributed by atoms with Crippen molar-refractivity contribution in [2.24, 2.45) is 0 Å². The summed E-state index contributed by atoms with van der Waals surface area (Å²) in [5, 5.41) is 0. The van der Waals surface area contributed by atoms with Gasteiger partial charge in [-0.3, -0.25) is 4.79 Å². The number of hydrogen-bond donors (Lipinski definition) is 0. The maximum atomic E-state index is 11.3. The van der Waals surface area contributed by atoms with E-state index in [1.807, 2.05) is 26.0 Å². The Bertz CT molecular complexity index is 386. The largest absolute Gasteiger partial charge is 0.491 e. The summed E-state index contributed by atoms with van der Waals surface area (Å²) in [7, 11) is 0. The first kappa shape index (κ1) is 12.2. The molecule has 2 nitrogen and oxygen atoms in total. The highest BCUT2D eigenvalue weighted by Crippen LogP contribution is 2.36. The number of rotatable bonds is 3. The Kier molecular flexibility index (Phi) is 3.82. The molecule has 1 aromatic rings. The van der Waals surface area contributed by atoms with Crippen molar-refractivity contribution in [1.29, 1.82) is 0 Å². The number of hydrogen-bond acceptors (Lipinski definition) is 2. The molecule has 0 saturated heterocycles. The minimum absolute atomic E-state index is 0.196. The third-order valence-electron chi connectivity index (χ3n) is 3.26. The average Bonchev–Trinajstić information content (AvgIpc) is 2.30. The fourth-order valence-electron chi connectivity index (χ4n) is 2.43. The normalized spacial score (nSPS) is 17.5. The summed E-state index contributed by atoms with van der Waals surface area (Å²) in [5.41, 5.74) is 1.27. The van der Waals surface area contributed by atoms with E-state index in [1.54, 1.807) is 0 Å². The molecule has 17 heavy (non-hydrogen) atoms. The van der Waals surface area contributed by atoms with E-state index in [1.165, 1.54) is 5.56 Å². The van der Waals surface area contributed by atoms with Gasteiger partial charge in [0, 0.05) is 12.8 Å². The lowest BCUT2D eigenvalue weighted by atomic mass is 9.83. The van der Waals surface area contributed by atoms with Crippen LogP contribution >= 0.6 is 0 Å². The molecule has 2 heteroatoms. The molecule has 0 bridgehead atoms. The summed E-state index contributed by atoms with van der Waals surface area (Å²) in [5.74, 6) is 1.88. The molecule has 0 amide bonds. The summed E-state index contributed by atoms with van der Waals surface area (Å²) in [6.07, 6.45) is 3.58. The van der Waals surface area contributed by atoms with Crippen LogP contribution in [0.3, 0.4) is 0 Å². The Balaban J connectivity index is 2.16. The standard InChI is InChI=1S/C15H20O2/c1-11(2)17-15-6-4-3-5-14(15)12-7-9-13(16)10-8-12/h3-6,11-12H,7-10H2,1-2H3. The molecule has 1 saturated carbocycles. The summed E-state index contributed by atoms with van der Waals surface area (Å²) < 4.78 is 5.84. The number of ether oxygens (including phenoxy) is 1. The van der Waals surface area contributed by atoms with Crippen molar-refractivity contribution in [2.75, 3.05) is 0 Å². The number of Topliss-reactive ketones (excluding diaryl/α,β-unsaturated/α-hetero) is 1. The van der Waals surface area contributed by atoms with Gasteiger partial charge in [0.2, 0.25) is 0 Å². The Morgan fingerprint density at radius 2 is 1.82 bits per heavy atom. The lowest BCUT2D eigenvalue weighted by Crippen LogP contribution is -2.14. The number of para-hydroxylation sites is 1. The van der Waals surface area contributed by atoms with E-state index < -0.39 is 0 Å². The van der Waals surface area contributed by atoms with Crippen molar-refractivity contribution in [1.82, 2.24) is 0 Å². The molecule has 1 aliphatic carbocycles. The molecule has 0 aromatic heterocycles. The van der Waals surface area contributed by atoms with Crippen LogP contribution in [0.1, 0.15) is 51.0 Å². The Hall–Kier alpha value is -1.31. The van der Waals surface area contributed by atoms with E-state index in [-0.39, 0.29) is 6.10 Å². The van der Waals surface area contributed by atoms with Crippen LogP contribution < -0.4 is 4.74 Å². The highest BCUT2D eigenvalue weighted by molar-refractivity contribution is 5.79. The minimum atomic E-state index is 0.196. The second-order valence-electron chi connectivity index (χ2n) is 5.02. The van der Waals surface area contributed by atoms with E-state index in [0.717, 1.165) is 31.4 Å². The third-order valence-corrected chi connectivity index (χ3v) is 3.26. The van der Waals surface area contributed by atoms with Crippen LogP contribution in [-0.4, -0.2) is 11.9 Å². The lowest BCUT2D eigenvalue weighted by molar-refractivity contribution is -0.120. The van der Waals surface area contributed by atoms with Crippen LogP contribution in [0.25, 0.3) is 0 Å². The third kappa shape index (κ3) is 3.09. The Morgan fingerprint density at radius 3 is 2.47 bits per heavy atom. The molecule has 0 radical (unpaired) electrons. The quantitative estimate of drug-likeness (QED) is 0.794. The molecule has 0 heterocycles. The molecule has 0 unspecified atom stereocenters. The topological polar surface area (TPSA) is 26.3 Å². The first-order chi connectivity index (χ1) is 8.16. The first-order valence-corrected chi connectivity index (χ1v) is 6.44. The van der Waals surface area contributed by atoms with Gasteiger partial charge >= 0.3 is 0 Å². The van der Waals surface area contributed by atoms with Crippen LogP contribution in [0.4, 0.5) is 0 Å². The van der Waals surface area contributed by atoms with Gasteiger partial charge in [0.15, 0.2) is 0 Å². The molecule has 0 spiro atoms. The molecular formula is C15H20O2. The van der Waals surface area contributed by atoms with Gasteiger partial charge in [0.25, 0.3) is 0 Å². The lowest BCUT2D eigenvalue weighted by Gasteiger charge is -2.24. The molecule has 1 aromatic carbocycles. The van der Waals surface area contributed by atoms with Gasteiger partial charge in [-0.1, -0.05) is 18.2 Å². The predicted molar refractivity (Wildman–Crippen MR) is 68.4 cm³/mol. The van der Waals surface area contributed by atoms with Crippen molar-refractivity contribution < 1.29 is 9.53 Å². The molecule has 1 aliphatic rings. The van der Waals surface area contributed by atoms with Crippen molar-refractivity contribution in [3.8, 4) is 5.75 Å². The summed E-state index contributed by atoms with van der Waals surface area (Å²) in [6, 6.07) is 8.23. The van der Waals surface area contributed by atoms with Crippen molar-refractivity contribution in [3.63, 3.8) is 0 Å². The van der Waals surface area contributed by atoms with Gasteiger partial charge in [-0.05, 0) is 44.2 Å². The molecular weight excluding hydrogens is 212 g/mol. The van der Waals surface area contributed by atoms with Crippen LogP contribution in [0.5, 0.6) is 5.75 Å². The van der Waals surface area contributed by atoms with Crippen molar-refractivity contribution in [2.45, 2.75) is 51.6 Å². The molecule has 0 N–H and O–H groups in total. The summed E-state index contributed by atoms with van der Waals surface area (Å²) in [6.45, 7) is 4.09. The van der Waals surface area contributed by atoms with E-state index in [4.69, 9.17) is 4.74 Å². The van der Waals surface area contributed by atoms with Gasteiger partial charge in [-0.2, -0.15) is 0 Å². The van der Waals surface area contributed by atoms with E-state index in [2.05, 4.69) is 12.1 Å². The number of carbonyl (C=O) groups excluding carboxylic acids is 1.